The van der Waals surface area contributed by atoms with Gasteiger partial charge in [-0.05, 0) is 48.9 Å². The summed E-state index contributed by atoms with van der Waals surface area (Å²) in [6, 6.07) is 0. The van der Waals surface area contributed by atoms with Crippen LogP contribution in [0.1, 0.15) is 46.5 Å². The lowest BCUT2D eigenvalue weighted by atomic mass is 9.64. The summed E-state index contributed by atoms with van der Waals surface area (Å²) in [4.78, 5) is 0.648. The molecule has 0 bridgehead atoms. The molecule has 104 valence electrons. The number of rotatable bonds is 3. The molecule has 0 aliphatic heterocycles. The van der Waals surface area contributed by atoms with E-state index in [1.165, 1.54) is 31.3 Å². The zero-order valence-electron chi connectivity index (χ0n) is 12.2. The van der Waals surface area contributed by atoms with Gasteiger partial charge in [0.2, 0.25) is 0 Å². The van der Waals surface area contributed by atoms with Crippen molar-refractivity contribution in [1.82, 2.24) is 0 Å². The minimum absolute atomic E-state index is 0.381. The van der Waals surface area contributed by atoms with Crippen LogP contribution in [0.15, 0.2) is 12.2 Å². The predicted molar refractivity (Wildman–Crippen MR) is 81.0 cm³/mol. The normalized spacial score (nSPS) is 42.1. The second kappa shape index (κ2) is 5.28. The van der Waals surface area contributed by atoms with Crippen molar-refractivity contribution in [3.8, 4) is 0 Å². The van der Waals surface area contributed by atoms with Crippen LogP contribution in [0.2, 0.25) is 0 Å². The average Bonchev–Trinajstić information content (AvgIpc) is 2.65. The van der Waals surface area contributed by atoms with Gasteiger partial charge < -0.3 is 4.74 Å². The summed E-state index contributed by atoms with van der Waals surface area (Å²) < 4.78 is 5.82. The molecule has 2 fully saturated rings. The summed E-state index contributed by atoms with van der Waals surface area (Å²) in [5.74, 6) is 1.89. The predicted octanol–water partition coefficient (Wildman–Crippen LogP) is 4.80. The van der Waals surface area contributed by atoms with Crippen LogP contribution in [0.3, 0.4) is 0 Å². The van der Waals surface area contributed by atoms with Crippen LogP contribution in [0, 0.1) is 23.2 Å². The highest BCUT2D eigenvalue weighted by molar-refractivity contribution is 9.09. The number of hydrogen-bond donors (Lipinski definition) is 0. The molecule has 0 radical (unpaired) electrons. The molecule has 2 heteroatoms. The summed E-state index contributed by atoms with van der Waals surface area (Å²) in [5.41, 5.74) is 1.87. The van der Waals surface area contributed by atoms with Gasteiger partial charge in [-0.2, -0.15) is 0 Å². The number of alkyl halides is 1. The summed E-state index contributed by atoms with van der Waals surface area (Å²) in [7, 11) is 1.87. The Morgan fingerprint density at radius 3 is 2.61 bits per heavy atom. The van der Waals surface area contributed by atoms with E-state index in [4.69, 9.17) is 4.74 Å². The Hall–Kier alpha value is 0.180. The molecule has 0 amide bonds. The number of hydrogen-bond acceptors (Lipinski definition) is 1. The van der Waals surface area contributed by atoms with E-state index in [1.807, 2.05) is 7.11 Å². The first-order chi connectivity index (χ1) is 8.41. The third-order valence-corrected chi connectivity index (χ3v) is 6.88. The van der Waals surface area contributed by atoms with E-state index in [1.54, 1.807) is 0 Å². The van der Waals surface area contributed by atoms with Crippen LogP contribution in [0.4, 0.5) is 0 Å². The van der Waals surface area contributed by atoms with Crippen molar-refractivity contribution in [2.75, 3.05) is 7.11 Å². The van der Waals surface area contributed by atoms with Gasteiger partial charge in [-0.3, -0.25) is 0 Å². The Bertz CT molecular complexity index is 325. The van der Waals surface area contributed by atoms with Crippen molar-refractivity contribution in [2.24, 2.45) is 23.2 Å². The highest BCUT2D eigenvalue weighted by Crippen LogP contribution is 2.59. The molecule has 1 nitrogen and oxygen atoms in total. The van der Waals surface area contributed by atoms with Crippen molar-refractivity contribution < 1.29 is 4.74 Å². The van der Waals surface area contributed by atoms with E-state index in [0.717, 1.165) is 0 Å². The first kappa shape index (κ1) is 14.6. The Morgan fingerprint density at radius 2 is 2.06 bits per heavy atom. The fourth-order valence-electron chi connectivity index (χ4n) is 4.50. The fraction of sp³-hybridized carbons (Fsp3) is 0.875. The molecular formula is C16H27BrO. The Labute approximate surface area is 120 Å². The molecule has 18 heavy (non-hydrogen) atoms. The van der Waals surface area contributed by atoms with Gasteiger partial charge in [0.1, 0.15) is 0 Å². The van der Waals surface area contributed by atoms with Gasteiger partial charge in [-0.15, -0.1) is 0 Å². The largest absolute Gasteiger partial charge is 0.381 e. The van der Waals surface area contributed by atoms with Gasteiger partial charge in [0.05, 0.1) is 6.10 Å². The molecule has 0 spiro atoms. The Morgan fingerprint density at radius 1 is 1.39 bits per heavy atom. The lowest BCUT2D eigenvalue weighted by Gasteiger charge is -2.45. The minimum atomic E-state index is 0.381. The van der Waals surface area contributed by atoms with Gasteiger partial charge >= 0.3 is 0 Å². The van der Waals surface area contributed by atoms with Gasteiger partial charge in [0.15, 0.2) is 0 Å². The monoisotopic (exact) mass is 314 g/mol. The smallest absolute Gasteiger partial charge is 0.0628 e. The van der Waals surface area contributed by atoms with Gasteiger partial charge in [0, 0.05) is 11.9 Å². The van der Waals surface area contributed by atoms with E-state index in [2.05, 4.69) is 43.3 Å². The summed E-state index contributed by atoms with van der Waals surface area (Å²) in [6.07, 6.45) is 5.41. The molecule has 5 atom stereocenters. The maximum Gasteiger partial charge on any atom is 0.0628 e. The average molecular weight is 315 g/mol. The van der Waals surface area contributed by atoms with Crippen LogP contribution in [-0.4, -0.2) is 18.0 Å². The molecule has 2 aliphatic carbocycles. The molecule has 2 saturated carbocycles. The third-order valence-electron chi connectivity index (χ3n) is 5.38. The molecule has 2 aliphatic rings. The molecule has 2 rings (SSSR count). The zero-order chi connectivity index (χ0) is 13.5. The number of methoxy groups -OCH3 is 1. The molecule has 0 saturated heterocycles. The number of fused-ring (bicyclic) bond motifs is 1. The molecule has 0 aromatic heterocycles. The molecule has 0 N–H and O–H groups in total. The minimum Gasteiger partial charge on any atom is -0.381 e. The van der Waals surface area contributed by atoms with Gasteiger partial charge in [0.25, 0.3) is 0 Å². The lowest BCUT2D eigenvalue weighted by Crippen LogP contribution is -2.42. The topological polar surface area (TPSA) is 9.23 Å². The number of ether oxygens (including phenoxy) is 1. The lowest BCUT2D eigenvalue weighted by molar-refractivity contribution is -0.00410. The molecule has 0 aromatic carbocycles. The standard InChI is InChI=1S/C16H27BrO/c1-10(2)15(18-5)12-8-9-16(4)13(17)7-6-11(3)14(12)16/h10,12-15H,3,6-9H2,1-2,4-5H3/t12-,13+,14+,15-,16-/m0/s1. The maximum atomic E-state index is 5.82. The van der Waals surface area contributed by atoms with E-state index < -0.39 is 0 Å². The third kappa shape index (κ3) is 2.20. The maximum absolute atomic E-state index is 5.82. The molecule has 0 aromatic rings. The fourth-order valence-corrected chi connectivity index (χ4v) is 5.24. The van der Waals surface area contributed by atoms with Gasteiger partial charge in [-0.25, -0.2) is 0 Å². The van der Waals surface area contributed by atoms with Crippen LogP contribution >= 0.6 is 15.9 Å². The van der Waals surface area contributed by atoms with E-state index in [0.29, 0.717) is 34.1 Å². The highest BCUT2D eigenvalue weighted by Gasteiger charge is 2.54. The van der Waals surface area contributed by atoms with Crippen molar-refractivity contribution in [2.45, 2.75) is 57.4 Å². The molecule has 0 heterocycles. The summed E-state index contributed by atoms with van der Waals surface area (Å²) in [6.45, 7) is 11.4. The summed E-state index contributed by atoms with van der Waals surface area (Å²) >= 11 is 3.93. The van der Waals surface area contributed by atoms with E-state index >= 15 is 0 Å². The quantitative estimate of drug-likeness (QED) is 0.537. The molecule has 0 unspecified atom stereocenters. The van der Waals surface area contributed by atoms with Gasteiger partial charge in [-0.1, -0.05) is 48.9 Å². The number of allylic oxidation sites excluding steroid dienone is 1. The first-order valence-electron chi connectivity index (χ1n) is 7.26. The highest BCUT2D eigenvalue weighted by atomic mass is 79.9. The van der Waals surface area contributed by atoms with Crippen LogP contribution in [0.5, 0.6) is 0 Å². The summed E-state index contributed by atoms with van der Waals surface area (Å²) in [5, 5.41) is 0. The Balaban J connectivity index is 2.28. The van der Waals surface area contributed by atoms with E-state index in [9.17, 15) is 0 Å². The van der Waals surface area contributed by atoms with Crippen molar-refractivity contribution in [1.29, 1.82) is 0 Å². The van der Waals surface area contributed by atoms with Crippen LogP contribution in [0.25, 0.3) is 0 Å². The molecular weight excluding hydrogens is 288 g/mol. The van der Waals surface area contributed by atoms with E-state index in [-0.39, 0.29) is 0 Å². The first-order valence-corrected chi connectivity index (χ1v) is 8.18. The zero-order valence-corrected chi connectivity index (χ0v) is 13.8. The second-order valence-electron chi connectivity index (χ2n) is 6.79. The van der Waals surface area contributed by atoms with Crippen molar-refractivity contribution in [3.05, 3.63) is 12.2 Å². The number of halogens is 1. The second-order valence-corrected chi connectivity index (χ2v) is 7.90. The SMILES string of the molecule is C=C1CC[C@@H](Br)[C@]2(C)CC[C@H]([C@@H](OC)C(C)C)[C@@H]12. The Kier molecular flexibility index (Phi) is 4.28. The van der Waals surface area contributed by atoms with Crippen molar-refractivity contribution in [3.63, 3.8) is 0 Å². The van der Waals surface area contributed by atoms with Crippen LogP contribution in [-0.2, 0) is 4.74 Å². The van der Waals surface area contributed by atoms with Crippen LogP contribution < -0.4 is 0 Å². The van der Waals surface area contributed by atoms with Crippen molar-refractivity contribution >= 4 is 15.9 Å².